The first-order chi connectivity index (χ1) is 8.65. The Hall–Kier alpha value is -0.940. The van der Waals surface area contributed by atoms with Crippen molar-refractivity contribution in [3.05, 3.63) is 11.8 Å². The number of piperidine rings is 1. The van der Waals surface area contributed by atoms with Crippen molar-refractivity contribution >= 4 is 0 Å². The second kappa shape index (κ2) is 6.29. The van der Waals surface area contributed by atoms with Crippen molar-refractivity contribution in [2.24, 2.45) is 5.92 Å². The summed E-state index contributed by atoms with van der Waals surface area (Å²) in [6.45, 7) is 6.92. The number of hydrogen-bond donors (Lipinski definition) is 1. The largest absolute Gasteiger partial charge is 0.426 e. The van der Waals surface area contributed by atoms with Crippen LogP contribution < -0.4 is 0 Å². The van der Waals surface area contributed by atoms with E-state index in [1.165, 1.54) is 6.42 Å². The molecule has 1 aliphatic heterocycles. The van der Waals surface area contributed by atoms with E-state index in [0.717, 1.165) is 44.8 Å². The van der Waals surface area contributed by atoms with Gasteiger partial charge in [0.2, 0.25) is 11.8 Å². The van der Waals surface area contributed by atoms with E-state index in [1.807, 2.05) is 13.8 Å². The van der Waals surface area contributed by atoms with Crippen molar-refractivity contribution in [2.45, 2.75) is 45.6 Å². The molecule has 1 aliphatic rings. The van der Waals surface area contributed by atoms with Crippen LogP contribution in [-0.4, -0.2) is 45.9 Å². The molecule has 5 nitrogen and oxygen atoms in total. The highest BCUT2D eigenvalue weighted by molar-refractivity contribution is 4.81. The predicted molar refractivity (Wildman–Crippen MR) is 68.2 cm³/mol. The molecule has 0 aliphatic carbocycles. The number of aliphatic hydroxyl groups excluding tert-OH is 1. The van der Waals surface area contributed by atoms with E-state index in [9.17, 15) is 5.11 Å². The summed E-state index contributed by atoms with van der Waals surface area (Å²) >= 11 is 0. The molecule has 2 rings (SSSR count). The molecule has 1 N–H and O–H groups in total. The van der Waals surface area contributed by atoms with Crippen LogP contribution in [0.2, 0.25) is 0 Å². The smallest absolute Gasteiger partial charge is 0.216 e. The maximum atomic E-state index is 9.64. The summed E-state index contributed by atoms with van der Waals surface area (Å²) in [5, 5.41) is 17.5. The van der Waals surface area contributed by atoms with E-state index in [0.29, 0.717) is 11.8 Å². The Morgan fingerprint density at radius 1 is 1.50 bits per heavy atom. The lowest BCUT2D eigenvalue weighted by molar-refractivity contribution is 0.0623. The van der Waals surface area contributed by atoms with Gasteiger partial charge < -0.3 is 14.4 Å². The van der Waals surface area contributed by atoms with E-state index < -0.39 is 0 Å². The van der Waals surface area contributed by atoms with Gasteiger partial charge in [-0.05, 0) is 45.2 Å². The zero-order chi connectivity index (χ0) is 13.0. The fraction of sp³-hybridized carbons (Fsp3) is 0.846. The second-order valence-corrected chi connectivity index (χ2v) is 5.26. The molecule has 5 heteroatoms. The predicted octanol–water partition coefficient (Wildman–Crippen LogP) is 1.40. The van der Waals surface area contributed by atoms with E-state index in [2.05, 4.69) is 15.1 Å². The second-order valence-electron chi connectivity index (χ2n) is 5.26. The molecule has 2 heterocycles. The highest BCUT2D eigenvalue weighted by atomic mass is 16.4. The molecule has 1 aromatic rings. The van der Waals surface area contributed by atoms with Gasteiger partial charge in [0.15, 0.2) is 0 Å². The van der Waals surface area contributed by atoms with Crippen LogP contribution >= 0.6 is 0 Å². The molecule has 0 radical (unpaired) electrons. The fourth-order valence-electron chi connectivity index (χ4n) is 2.58. The van der Waals surface area contributed by atoms with E-state index >= 15 is 0 Å². The number of hydrogen-bond acceptors (Lipinski definition) is 5. The Labute approximate surface area is 108 Å². The van der Waals surface area contributed by atoms with Gasteiger partial charge in [0.25, 0.3) is 0 Å². The van der Waals surface area contributed by atoms with Gasteiger partial charge in [0, 0.05) is 19.9 Å². The van der Waals surface area contributed by atoms with Gasteiger partial charge in [0.05, 0.1) is 6.10 Å². The minimum absolute atomic E-state index is 0.189. The molecule has 2 unspecified atom stereocenters. The summed E-state index contributed by atoms with van der Waals surface area (Å²) < 4.78 is 5.35. The summed E-state index contributed by atoms with van der Waals surface area (Å²) in [7, 11) is 0. The summed E-state index contributed by atoms with van der Waals surface area (Å²) in [6, 6.07) is 0. The lowest BCUT2D eigenvalue weighted by atomic mass is 9.93. The van der Waals surface area contributed by atoms with Crippen LogP contribution in [0.15, 0.2) is 4.42 Å². The Balaban J connectivity index is 1.70. The van der Waals surface area contributed by atoms with Gasteiger partial charge in [-0.1, -0.05) is 0 Å². The average molecular weight is 253 g/mol. The molecule has 0 amide bonds. The summed E-state index contributed by atoms with van der Waals surface area (Å²) in [6.07, 6.45) is 4.03. The van der Waals surface area contributed by atoms with Crippen molar-refractivity contribution in [2.75, 3.05) is 19.6 Å². The fourth-order valence-corrected chi connectivity index (χ4v) is 2.58. The van der Waals surface area contributed by atoms with Crippen molar-refractivity contribution in [1.82, 2.24) is 15.1 Å². The first-order valence-corrected chi connectivity index (χ1v) is 6.84. The van der Waals surface area contributed by atoms with Crippen LogP contribution in [-0.2, 0) is 6.42 Å². The van der Waals surface area contributed by atoms with Gasteiger partial charge in [-0.15, -0.1) is 10.2 Å². The van der Waals surface area contributed by atoms with Crippen LogP contribution in [0.4, 0.5) is 0 Å². The molecule has 2 atom stereocenters. The lowest BCUT2D eigenvalue weighted by Gasteiger charge is -2.34. The zero-order valence-corrected chi connectivity index (χ0v) is 11.3. The molecule has 1 fully saturated rings. The average Bonchev–Trinajstić information content (AvgIpc) is 2.75. The number of aryl methyl sites for hydroxylation is 2. The van der Waals surface area contributed by atoms with Crippen molar-refractivity contribution in [3.8, 4) is 0 Å². The summed E-state index contributed by atoms with van der Waals surface area (Å²) in [5.74, 6) is 1.80. The molecule has 1 saturated heterocycles. The number of rotatable bonds is 5. The third-order valence-electron chi connectivity index (χ3n) is 3.66. The van der Waals surface area contributed by atoms with E-state index in [-0.39, 0.29) is 6.10 Å². The van der Waals surface area contributed by atoms with Crippen molar-refractivity contribution in [1.29, 1.82) is 0 Å². The van der Waals surface area contributed by atoms with Crippen molar-refractivity contribution in [3.63, 3.8) is 0 Å². The zero-order valence-electron chi connectivity index (χ0n) is 11.3. The maximum Gasteiger partial charge on any atom is 0.216 e. The Kier molecular flexibility index (Phi) is 4.72. The lowest BCUT2D eigenvalue weighted by Crippen LogP contribution is -2.40. The van der Waals surface area contributed by atoms with Crippen molar-refractivity contribution < 1.29 is 9.52 Å². The Morgan fingerprint density at radius 2 is 2.33 bits per heavy atom. The molecule has 0 bridgehead atoms. The summed E-state index contributed by atoms with van der Waals surface area (Å²) in [4.78, 5) is 2.43. The maximum absolute atomic E-state index is 9.64. The summed E-state index contributed by atoms with van der Waals surface area (Å²) in [5.41, 5.74) is 0. The third kappa shape index (κ3) is 3.78. The molecule has 102 valence electrons. The van der Waals surface area contributed by atoms with Crippen LogP contribution in [0.1, 0.15) is 38.0 Å². The van der Waals surface area contributed by atoms with Gasteiger partial charge >= 0.3 is 0 Å². The number of likely N-dealkylation sites (tertiary alicyclic amines) is 1. The molecule has 1 aromatic heterocycles. The Bertz CT molecular complexity index is 365. The molecule has 0 saturated carbocycles. The first kappa shape index (κ1) is 13.5. The van der Waals surface area contributed by atoms with Gasteiger partial charge in [0.1, 0.15) is 0 Å². The Morgan fingerprint density at radius 3 is 3.00 bits per heavy atom. The molecule has 0 spiro atoms. The van der Waals surface area contributed by atoms with E-state index in [4.69, 9.17) is 4.42 Å². The van der Waals surface area contributed by atoms with Gasteiger partial charge in [-0.2, -0.15) is 0 Å². The normalized spacial score (nSPS) is 23.2. The minimum atomic E-state index is -0.189. The van der Waals surface area contributed by atoms with Crippen LogP contribution in [0.5, 0.6) is 0 Å². The molecular weight excluding hydrogens is 230 g/mol. The van der Waals surface area contributed by atoms with Gasteiger partial charge in [-0.25, -0.2) is 0 Å². The van der Waals surface area contributed by atoms with Gasteiger partial charge in [-0.3, -0.25) is 0 Å². The number of nitrogens with zero attached hydrogens (tertiary/aromatic N) is 3. The minimum Gasteiger partial charge on any atom is -0.426 e. The topological polar surface area (TPSA) is 62.4 Å². The first-order valence-electron chi connectivity index (χ1n) is 6.84. The monoisotopic (exact) mass is 253 g/mol. The van der Waals surface area contributed by atoms with Crippen LogP contribution in [0, 0.1) is 12.8 Å². The highest BCUT2D eigenvalue weighted by Crippen LogP contribution is 2.19. The SMILES string of the molecule is Cc1nnc(CCCN2CCCC(C(C)O)C2)o1. The van der Waals surface area contributed by atoms with Crippen LogP contribution in [0.25, 0.3) is 0 Å². The van der Waals surface area contributed by atoms with Crippen LogP contribution in [0.3, 0.4) is 0 Å². The number of aromatic nitrogens is 2. The highest BCUT2D eigenvalue weighted by Gasteiger charge is 2.22. The molecule has 18 heavy (non-hydrogen) atoms. The standard InChI is InChI=1S/C13H23N3O2/c1-10(17)12-5-3-7-16(9-12)8-4-6-13-15-14-11(2)18-13/h10,12,17H,3-9H2,1-2H3. The molecule has 0 aromatic carbocycles. The van der Waals surface area contributed by atoms with E-state index in [1.54, 1.807) is 0 Å². The molecular formula is C13H23N3O2. The quantitative estimate of drug-likeness (QED) is 0.859. The third-order valence-corrected chi connectivity index (χ3v) is 3.66. The number of aliphatic hydroxyl groups is 1.